The van der Waals surface area contributed by atoms with Crippen molar-refractivity contribution in [2.45, 2.75) is 13.5 Å². The van der Waals surface area contributed by atoms with Gasteiger partial charge in [-0.1, -0.05) is 11.3 Å². The Kier molecular flexibility index (Phi) is 2.73. The number of imidazole rings is 1. The summed E-state index contributed by atoms with van der Waals surface area (Å²) in [5.41, 5.74) is 1.71. The summed E-state index contributed by atoms with van der Waals surface area (Å²) in [6.45, 7) is 3.72. The van der Waals surface area contributed by atoms with Gasteiger partial charge in [-0.3, -0.25) is 0 Å². The molecule has 0 saturated carbocycles. The number of aryl methyl sites for hydroxylation is 1. The molecule has 0 aliphatic rings. The van der Waals surface area contributed by atoms with Gasteiger partial charge < -0.3 is 9.88 Å². The molecule has 0 spiro atoms. The van der Waals surface area contributed by atoms with Crippen LogP contribution in [-0.2, 0) is 6.54 Å². The molecule has 6 heteroatoms. The Morgan fingerprint density at radius 3 is 3.14 bits per heavy atom. The van der Waals surface area contributed by atoms with Crippen LogP contribution in [0.1, 0.15) is 5.82 Å². The molecule has 0 atom stereocenters. The summed E-state index contributed by atoms with van der Waals surface area (Å²) in [5.74, 6) is 1.03. The smallest absolute Gasteiger partial charge is 0.205 e. The second-order valence-corrected chi connectivity index (χ2v) is 3.67. The van der Waals surface area contributed by atoms with Crippen molar-refractivity contribution in [1.82, 2.24) is 19.7 Å². The average Bonchev–Trinajstić information content (AvgIpc) is 2.78. The van der Waals surface area contributed by atoms with Crippen LogP contribution in [0.2, 0.25) is 0 Å². The summed E-state index contributed by atoms with van der Waals surface area (Å²) in [6.07, 6.45) is 3.78. The van der Waals surface area contributed by atoms with Gasteiger partial charge in [0.15, 0.2) is 0 Å². The highest BCUT2D eigenvalue weighted by atomic mass is 32.1. The van der Waals surface area contributed by atoms with Crippen LogP contribution in [0.3, 0.4) is 0 Å². The third kappa shape index (κ3) is 2.08. The van der Waals surface area contributed by atoms with E-state index in [1.54, 1.807) is 11.7 Å². The molecule has 74 valence electrons. The maximum atomic E-state index is 4.14. The van der Waals surface area contributed by atoms with Crippen molar-refractivity contribution in [2.75, 3.05) is 11.9 Å². The van der Waals surface area contributed by atoms with Crippen molar-refractivity contribution in [2.24, 2.45) is 0 Å². The van der Waals surface area contributed by atoms with Gasteiger partial charge in [0.05, 0.1) is 0 Å². The van der Waals surface area contributed by atoms with Crippen LogP contribution in [-0.4, -0.2) is 26.3 Å². The first-order valence-electron chi connectivity index (χ1n) is 4.34. The second-order valence-electron chi connectivity index (χ2n) is 2.84. The van der Waals surface area contributed by atoms with Gasteiger partial charge in [0, 0.05) is 25.5 Å². The summed E-state index contributed by atoms with van der Waals surface area (Å²) < 4.78 is 2.09. The molecule has 1 N–H and O–H groups in total. The van der Waals surface area contributed by atoms with Crippen LogP contribution in [0.15, 0.2) is 17.9 Å². The molecular formula is C8H11N5S. The first-order valence-corrected chi connectivity index (χ1v) is 5.22. The molecule has 0 radical (unpaired) electrons. The van der Waals surface area contributed by atoms with Crippen molar-refractivity contribution in [1.29, 1.82) is 0 Å². The number of aromatic nitrogens is 4. The van der Waals surface area contributed by atoms with Crippen molar-refractivity contribution < 1.29 is 0 Å². The number of rotatable bonds is 4. The zero-order chi connectivity index (χ0) is 9.80. The van der Waals surface area contributed by atoms with Crippen molar-refractivity contribution >= 4 is 16.5 Å². The molecule has 0 aliphatic heterocycles. The topological polar surface area (TPSA) is 55.6 Å². The highest BCUT2D eigenvalue weighted by Crippen LogP contribution is 2.07. The summed E-state index contributed by atoms with van der Waals surface area (Å²) >= 11 is 1.51. The number of hydrogen-bond donors (Lipinski definition) is 1. The molecule has 2 aromatic heterocycles. The van der Waals surface area contributed by atoms with E-state index >= 15 is 0 Å². The van der Waals surface area contributed by atoms with E-state index < -0.39 is 0 Å². The van der Waals surface area contributed by atoms with Gasteiger partial charge in [-0.2, -0.15) is 0 Å². The highest BCUT2D eigenvalue weighted by molar-refractivity contribution is 7.13. The molecule has 0 unspecified atom stereocenters. The summed E-state index contributed by atoms with van der Waals surface area (Å²) in [5, 5.41) is 11.7. The molecule has 5 nitrogen and oxygen atoms in total. The molecule has 2 aromatic rings. The minimum absolute atomic E-state index is 0.840. The molecule has 2 rings (SSSR count). The minimum Gasteiger partial charge on any atom is -0.358 e. The van der Waals surface area contributed by atoms with Crippen LogP contribution in [0.5, 0.6) is 0 Å². The monoisotopic (exact) mass is 209 g/mol. The number of anilines is 1. The van der Waals surface area contributed by atoms with E-state index in [0.717, 1.165) is 24.0 Å². The number of hydrogen-bond acceptors (Lipinski definition) is 5. The lowest BCUT2D eigenvalue weighted by molar-refractivity contribution is 0.700. The van der Waals surface area contributed by atoms with Gasteiger partial charge in [-0.25, -0.2) is 4.98 Å². The Balaban J connectivity index is 1.81. The van der Waals surface area contributed by atoms with Crippen molar-refractivity contribution in [3.8, 4) is 0 Å². The molecule has 0 aliphatic carbocycles. The van der Waals surface area contributed by atoms with Crippen LogP contribution in [0, 0.1) is 6.92 Å². The minimum atomic E-state index is 0.840. The fourth-order valence-electron chi connectivity index (χ4n) is 1.17. The largest absolute Gasteiger partial charge is 0.358 e. The lowest BCUT2D eigenvalue weighted by atomic mass is 10.5. The third-order valence-corrected chi connectivity index (χ3v) is 2.56. The van der Waals surface area contributed by atoms with Crippen LogP contribution >= 0.6 is 11.3 Å². The lowest BCUT2D eigenvalue weighted by Crippen LogP contribution is -2.10. The number of nitrogens with one attached hydrogen (secondary N) is 1. The quantitative estimate of drug-likeness (QED) is 0.820. The van der Waals surface area contributed by atoms with E-state index in [4.69, 9.17) is 0 Å². The van der Waals surface area contributed by atoms with Crippen LogP contribution in [0.4, 0.5) is 5.13 Å². The summed E-state index contributed by atoms with van der Waals surface area (Å²) in [4.78, 5) is 4.14. The summed E-state index contributed by atoms with van der Waals surface area (Å²) in [6, 6.07) is 0. The van der Waals surface area contributed by atoms with Crippen LogP contribution in [0.25, 0.3) is 0 Å². The Hall–Kier alpha value is -1.43. The number of nitrogens with zero attached hydrogens (tertiary/aromatic N) is 4. The van der Waals surface area contributed by atoms with E-state index in [1.807, 2.05) is 13.1 Å². The summed E-state index contributed by atoms with van der Waals surface area (Å²) in [7, 11) is 0. The SMILES string of the molecule is Cc1nccn1CCNc1nncs1. The molecular weight excluding hydrogens is 198 g/mol. The van der Waals surface area contributed by atoms with Gasteiger partial charge >= 0.3 is 0 Å². The molecule has 0 amide bonds. The zero-order valence-electron chi connectivity index (χ0n) is 7.84. The fraction of sp³-hybridized carbons (Fsp3) is 0.375. The van der Waals surface area contributed by atoms with Gasteiger partial charge in [0.25, 0.3) is 0 Å². The standard InChI is InChI=1S/C8H11N5S/c1-7-9-2-4-13(7)5-3-10-8-12-11-6-14-8/h2,4,6H,3,5H2,1H3,(H,10,12). The van der Waals surface area contributed by atoms with Crippen molar-refractivity contribution in [3.05, 3.63) is 23.7 Å². The Bertz CT molecular complexity index is 380. The molecule has 0 fully saturated rings. The first-order chi connectivity index (χ1) is 6.86. The van der Waals surface area contributed by atoms with Crippen molar-refractivity contribution in [3.63, 3.8) is 0 Å². The van der Waals surface area contributed by atoms with E-state index in [1.165, 1.54) is 11.3 Å². The maximum absolute atomic E-state index is 4.14. The molecule has 0 saturated heterocycles. The first kappa shape index (κ1) is 9.14. The van der Waals surface area contributed by atoms with E-state index in [2.05, 4.69) is 25.1 Å². The van der Waals surface area contributed by atoms with E-state index in [9.17, 15) is 0 Å². The molecule has 2 heterocycles. The molecule has 14 heavy (non-hydrogen) atoms. The normalized spacial score (nSPS) is 10.4. The predicted octanol–water partition coefficient (Wildman–Crippen LogP) is 1.16. The van der Waals surface area contributed by atoms with Gasteiger partial charge in [-0.15, -0.1) is 10.2 Å². The lowest BCUT2D eigenvalue weighted by Gasteiger charge is -2.04. The van der Waals surface area contributed by atoms with E-state index in [-0.39, 0.29) is 0 Å². The Morgan fingerprint density at radius 2 is 2.50 bits per heavy atom. The molecule has 0 aromatic carbocycles. The molecule has 0 bridgehead atoms. The average molecular weight is 209 g/mol. The second kappa shape index (κ2) is 4.19. The van der Waals surface area contributed by atoms with Gasteiger partial charge in [0.2, 0.25) is 5.13 Å². The Labute approximate surface area is 85.8 Å². The fourth-order valence-corrected chi connectivity index (χ4v) is 1.65. The Morgan fingerprint density at radius 1 is 1.57 bits per heavy atom. The third-order valence-electron chi connectivity index (χ3n) is 1.91. The highest BCUT2D eigenvalue weighted by Gasteiger charge is 1.97. The maximum Gasteiger partial charge on any atom is 0.205 e. The van der Waals surface area contributed by atoms with Crippen LogP contribution < -0.4 is 5.32 Å². The van der Waals surface area contributed by atoms with E-state index in [0.29, 0.717) is 0 Å². The van der Waals surface area contributed by atoms with Gasteiger partial charge in [0.1, 0.15) is 11.3 Å². The predicted molar refractivity (Wildman–Crippen MR) is 55.4 cm³/mol. The van der Waals surface area contributed by atoms with Gasteiger partial charge in [-0.05, 0) is 6.92 Å². The zero-order valence-corrected chi connectivity index (χ0v) is 8.66.